The lowest BCUT2D eigenvalue weighted by atomic mass is 10.2. The molecule has 1 heterocycles. The van der Waals surface area contributed by atoms with E-state index < -0.39 is 0 Å². The van der Waals surface area contributed by atoms with Gasteiger partial charge in [-0.25, -0.2) is 0 Å². The van der Waals surface area contributed by atoms with Crippen molar-refractivity contribution in [3.8, 4) is 23.0 Å². The zero-order valence-corrected chi connectivity index (χ0v) is 17.2. The van der Waals surface area contributed by atoms with Gasteiger partial charge < -0.3 is 29.0 Å². The van der Waals surface area contributed by atoms with Crippen molar-refractivity contribution in [1.82, 2.24) is 0 Å². The number of hydrogen-bond donors (Lipinski definition) is 1. The van der Waals surface area contributed by atoms with Crippen molar-refractivity contribution < 1.29 is 24.1 Å². The summed E-state index contributed by atoms with van der Waals surface area (Å²) in [5, 5.41) is 10.1. The molecular weight excluding hydrogens is 372 g/mol. The highest BCUT2D eigenvalue weighted by atomic mass is 16.5. The first-order valence-corrected chi connectivity index (χ1v) is 9.83. The van der Waals surface area contributed by atoms with E-state index in [0.717, 1.165) is 24.5 Å². The normalized spacial score (nSPS) is 14.2. The Morgan fingerprint density at radius 1 is 1.07 bits per heavy atom. The van der Waals surface area contributed by atoms with Crippen LogP contribution in [0.25, 0.3) is 0 Å². The number of morpholine rings is 1. The van der Waals surface area contributed by atoms with Gasteiger partial charge in [-0.15, -0.1) is 0 Å². The van der Waals surface area contributed by atoms with Gasteiger partial charge >= 0.3 is 0 Å². The minimum Gasteiger partial charge on any atom is -0.507 e. The summed E-state index contributed by atoms with van der Waals surface area (Å²) in [5.41, 5.74) is 2.17. The van der Waals surface area contributed by atoms with Gasteiger partial charge in [0.05, 0.1) is 39.2 Å². The molecule has 2 aromatic carbocycles. The Bertz CT molecular complexity index is 847. The number of rotatable bonds is 8. The average Bonchev–Trinajstić information content (AvgIpc) is 2.75. The van der Waals surface area contributed by atoms with Gasteiger partial charge in [-0.2, -0.15) is 0 Å². The van der Waals surface area contributed by atoms with Gasteiger partial charge in [0.1, 0.15) is 28.7 Å². The van der Waals surface area contributed by atoms with Gasteiger partial charge in [-0.1, -0.05) is 0 Å². The maximum atomic E-state index is 10.1. The van der Waals surface area contributed by atoms with Crippen LogP contribution in [0, 0.1) is 0 Å². The van der Waals surface area contributed by atoms with Crippen LogP contribution in [-0.2, 0) is 4.74 Å². The Kier molecular flexibility index (Phi) is 7.19. The standard InChI is InChI=1S/C22H28N2O5/c1-4-28-21-14-19(24-8-10-27-11-9-24)22(29-5-2)13-18(21)23-15-16-12-17(26-3)6-7-20(16)25/h6-7,12-15,25H,4-5,8-11H2,1-3H3. The lowest BCUT2D eigenvalue weighted by molar-refractivity contribution is 0.122. The quantitative estimate of drug-likeness (QED) is 0.680. The Hall–Kier alpha value is -2.93. The maximum absolute atomic E-state index is 10.1. The highest BCUT2D eigenvalue weighted by Gasteiger charge is 2.19. The summed E-state index contributed by atoms with van der Waals surface area (Å²) in [6.07, 6.45) is 1.60. The summed E-state index contributed by atoms with van der Waals surface area (Å²) in [5.74, 6) is 2.19. The lowest BCUT2D eigenvalue weighted by Gasteiger charge is -2.30. The molecule has 7 nitrogen and oxygen atoms in total. The van der Waals surface area contributed by atoms with Crippen LogP contribution >= 0.6 is 0 Å². The zero-order valence-electron chi connectivity index (χ0n) is 17.2. The van der Waals surface area contributed by atoms with Crippen LogP contribution in [0.5, 0.6) is 23.0 Å². The second-order valence-corrected chi connectivity index (χ2v) is 6.44. The van der Waals surface area contributed by atoms with Gasteiger partial charge in [0, 0.05) is 37.0 Å². The number of methoxy groups -OCH3 is 1. The van der Waals surface area contributed by atoms with Crippen LogP contribution in [0.1, 0.15) is 19.4 Å². The number of benzene rings is 2. The van der Waals surface area contributed by atoms with Crippen molar-refractivity contribution >= 4 is 17.6 Å². The zero-order chi connectivity index (χ0) is 20.6. The molecule has 1 N–H and O–H groups in total. The fourth-order valence-corrected chi connectivity index (χ4v) is 3.14. The van der Waals surface area contributed by atoms with Gasteiger partial charge in [0.2, 0.25) is 0 Å². The van der Waals surface area contributed by atoms with Crippen LogP contribution in [0.4, 0.5) is 11.4 Å². The lowest BCUT2D eigenvalue weighted by Crippen LogP contribution is -2.36. The summed E-state index contributed by atoms with van der Waals surface area (Å²) in [6, 6.07) is 8.86. The van der Waals surface area contributed by atoms with E-state index in [9.17, 15) is 5.11 Å². The topological polar surface area (TPSA) is 72.8 Å². The molecule has 0 bridgehead atoms. The number of nitrogens with zero attached hydrogens (tertiary/aromatic N) is 2. The molecular formula is C22H28N2O5. The van der Waals surface area contributed by atoms with Crippen LogP contribution in [0.2, 0.25) is 0 Å². The number of anilines is 1. The molecule has 2 aromatic rings. The van der Waals surface area contributed by atoms with Crippen LogP contribution in [0.3, 0.4) is 0 Å². The fraction of sp³-hybridized carbons (Fsp3) is 0.409. The Balaban J connectivity index is 1.99. The van der Waals surface area contributed by atoms with Crippen molar-refractivity contribution in [1.29, 1.82) is 0 Å². The number of aliphatic imine (C=N–C) groups is 1. The molecule has 0 saturated carbocycles. The number of hydrogen-bond acceptors (Lipinski definition) is 7. The number of aromatic hydroxyl groups is 1. The van der Waals surface area contributed by atoms with E-state index in [1.54, 1.807) is 31.5 Å². The molecule has 3 rings (SSSR count). The molecule has 0 aliphatic carbocycles. The maximum Gasteiger partial charge on any atom is 0.147 e. The molecule has 1 aliphatic rings. The first-order valence-electron chi connectivity index (χ1n) is 9.83. The van der Waals surface area contributed by atoms with E-state index in [2.05, 4.69) is 9.89 Å². The summed E-state index contributed by atoms with van der Waals surface area (Å²) in [7, 11) is 1.58. The monoisotopic (exact) mass is 400 g/mol. The van der Waals surface area contributed by atoms with Crippen molar-refractivity contribution in [2.45, 2.75) is 13.8 Å². The predicted molar refractivity (Wildman–Crippen MR) is 114 cm³/mol. The summed E-state index contributed by atoms with van der Waals surface area (Å²) in [6.45, 7) is 7.92. The summed E-state index contributed by atoms with van der Waals surface area (Å²) >= 11 is 0. The van der Waals surface area contributed by atoms with Crippen molar-refractivity contribution in [2.24, 2.45) is 4.99 Å². The Morgan fingerprint density at radius 3 is 2.48 bits per heavy atom. The van der Waals surface area contributed by atoms with Crippen molar-refractivity contribution in [3.05, 3.63) is 35.9 Å². The fourth-order valence-electron chi connectivity index (χ4n) is 3.14. The average molecular weight is 400 g/mol. The Morgan fingerprint density at radius 2 is 1.79 bits per heavy atom. The summed E-state index contributed by atoms with van der Waals surface area (Å²) < 4.78 is 22.4. The van der Waals surface area contributed by atoms with Crippen molar-refractivity contribution in [2.75, 3.05) is 51.5 Å². The molecule has 7 heteroatoms. The molecule has 1 aliphatic heterocycles. The number of ether oxygens (including phenoxy) is 4. The molecule has 0 radical (unpaired) electrons. The van der Waals surface area contributed by atoms with E-state index in [4.69, 9.17) is 18.9 Å². The van der Waals surface area contributed by atoms with Gasteiger partial charge in [0.15, 0.2) is 0 Å². The van der Waals surface area contributed by atoms with E-state index in [0.29, 0.717) is 49.2 Å². The highest BCUT2D eigenvalue weighted by molar-refractivity contribution is 5.87. The van der Waals surface area contributed by atoms with Crippen LogP contribution in [-0.4, -0.2) is 57.9 Å². The first kappa shape index (κ1) is 20.8. The highest BCUT2D eigenvalue weighted by Crippen LogP contribution is 2.41. The van der Waals surface area contributed by atoms with E-state index >= 15 is 0 Å². The number of phenols is 1. The van der Waals surface area contributed by atoms with Gasteiger partial charge in [-0.3, -0.25) is 4.99 Å². The SMILES string of the molecule is CCOc1cc(N2CCOCC2)c(OCC)cc1N=Cc1cc(OC)ccc1O. The third kappa shape index (κ3) is 5.12. The molecule has 156 valence electrons. The first-order chi connectivity index (χ1) is 14.2. The smallest absolute Gasteiger partial charge is 0.147 e. The minimum absolute atomic E-state index is 0.127. The largest absolute Gasteiger partial charge is 0.507 e. The van der Waals surface area contributed by atoms with Gasteiger partial charge in [0.25, 0.3) is 0 Å². The molecule has 0 unspecified atom stereocenters. The number of phenolic OH excluding ortho intramolecular Hbond substituents is 1. The van der Waals surface area contributed by atoms with E-state index in [-0.39, 0.29) is 5.75 Å². The van der Waals surface area contributed by atoms with E-state index in [1.807, 2.05) is 26.0 Å². The molecule has 0 atom stereocenters. The third-order valence-electron chi connectivity index (χ3n) is 4.57. The van der Waals surface area contributed by atoms with Crippen LogP contribution < -0.4 is 19.1 Å². The molecule has 0 aromatic heterocycles. The predicted octanol–water partition coefficient (Wildman–Crippen LogP) is 3.79. The molecule has 1 fully saturated rings. The Labute approximate surface area is 171 Å². The minimum atomic E-state index is 0.127. The van der Waals surface area contributed by atoms with Crippen LogP contribution in [0.15, 0.2) is 35.3 Å². The van der Waals surface area contributed by atoms with Crippen molar-refractivity contribution in [3.63, 3.8) is 0 Å². The molecule has 1 saturated heterocycles. The second kappa shape index (κ2) is 10.0. The molecule has 0 amide bonds. The third-order valence-corrected chi connectivity index (χ3v) is 4.57. The summed E-state index contributed by atoms with van der Waals surface area (Å²) in [4.78, 5) is 6.81. The van der Waals surface area contributed by atoms with E-state index in [1.165, 1.54) is 0 Å². The molecule has 0 spiro atoms. The molecule has 29 heavy (non-hydrogen) atoms. The second-order valence-electron chi connectivity index (χ2n) is 6.44. The van der Waals surface area contributed by atoms with Gasteiger partial charge in [-0.05, 0) is 32.0 Å².